The lowest BCUT2D eigenvalue weighted by Crippen LogP contribution is -2.37. The van der Waals surface area contributed by atoms with Crippen molar-refractivity contribution in [2.75, 3.05) is 6.54 Å². The van der Waals surface area contributed by atoms with E-state index in [9.17, 15) is 0 Å². The molecule has 0 saturated carbocycles. The van der Waals surface area contributed by atoms with Crippen LogP contribution in [0.25, 0.3) is 5.69 Å². The molecule has 30 heavy (non-hydrogen) atoms. The Morgan fingerprint density at radius 2 is 1.90 bits per heavy atom. The Kier molecular flexibility index (Phi) is 8.87. The zero-order chi connectivity index (χ0) is 20.6. The van der Waals surface area contributed by atoms with Crippen LogP contribution < -0.4 is 10.6 Å². The molecule has 0 fully saturated rings. The summed E-state index contributed by atoms with van der Waals surface area (Å²) in [4.78, 5) is 4.66. The zero-order valence-electron chi connectivity index (χ0n) is 17.5. The number of hydrogen-bond donors (Lipinski definition) is 2. The van der Waals surface area contributed by atoms with Crippen LogP contribution in [0, 0.1) is 25.2 Å². The van der Waals surface area contributed by atoms with Crippen molar-refractivity contribution in [3.63, 3.8) is 0 Å². The number of nitrogens with one attached hydrogen (secondary N) is 2. The summed E-state index contributed by atoms with van der Waals surface area (Å²) in [5.41, 5.74) is 5.95. The van der Waals surface area contributed by atoms with Crippen molar-refractivity contribution in [2.24, 2.45) is 4.99 Å². The van der Waals surface area contributed by atoms with Crippen LogP contribution in [-0.4, -0.2) is 22.3 Å². The summed E-state index contributed by atoms with van der Waals surface area (Å²) < 4.78 is 1.98. The van der Waals surface area contributed by atoms with Crippen LogP contribution in [0.4, 0.5) is 0 Å². The first-order chi connectivity index (χ1) is 14.1. The molecule has 0 aliphatic rings. The predicted molar refractivity (Wildman–Crippen MR) is 131 cm³/mol. The van der Waals surface area contributed by atoms with Crippen molar-refractivity contribution in [2.45, 2.75) is 33.9 Å². The molecule has 0 atom stereocenters. The van der Waals surface area contributed by atoms with Crippen LogP contribution in [0.2, 0.25) is 0 Å². The maximum absolute atomic E-state index is 9.06. The molecule has 7 heteroatoms. The molecule has 3 aromatic rings. The highest BCUT2D eigenvalue weighted by molar-refractivity contribution is 14.0. The van der Waals surface area contributed by atoms with Crippen molar-refractivity contribution < 1.29 is 0 Å². The number of rotatable bonds is 6. The molecule has 0 saturated heterocycles. The van der Waals surface area contributed by atoms with Gasteiger partial charge in [-0.15, -0.1) is 24.0 Å². The second-order valence-electron chi connectivity index (χ2n) is 6.83. The number of guanidine groups is 1. The van der Waals surface area contributed by atoms with E-state index in [2.05, 4.69) is 51.9 Å². The second kappa shape index (κ2) is 11.4. The van der Waals surface area contributed by atoms with E-state index < -0.39 is 0 Å². The Bertz CT molecular complexity index is 1050. The van der Waals surface area contributed by atoms with Crippen molar-refractivity contribution in [3.8, 4) is 11.8 Å². The molecule has 2 N–H and O–H groups in total. The number of halogens is 1. The van der Waals surface area contributed by atoms with E-state index in [1.807, 2.05) is 48.9 Å². The minimum Gasteiger partial charge on any atom is -0.357 e. The van der Waals surface area contributed by atoms with Crippen molar-refractivity contribution in [1.82, 2.24) is 20.4 Å². The highest BCUT2D eigenvalue weighted by Gasteiger charge is 2.09. The average Bonchev–Trinajstić information content (AvgIpc) is 3.08. The lowest BCUT2D eigenvalue weighted by Gasteiger charge is -2.15. The van der Waals surface area contributed by atoms with Gasteiger partial charge in [0.2, 0.25) is 0 Å². The van der Waals surface area contributed by atoms with Gasteiger partial charge in [-0.25, -0.2) is 9.67 Å². The molecule has 3 rings (SSSR count). The SMILES string of the molecule is CCNC(=NCc1cccc(C#N)c1)NCc1ccccc1-n1nc(C)cc1C.I. The summed E-state index contributed by atoms with van der Waals surface area (Å²) >= 11 is 0. The number of aliphatic imine (C=N–C) groups is 1. The minimum absolute atomic E-state index is 0. The van der Waals surface area contributed by atoms with E-state index in [4.69, 9.17) is 5.26 Å². The van der Waals surface area contributed by atoms with E-state index in [1.165, 1.54) is 0 Å². The number of aromatic nitrogens is 2. The molecule has 0 radical (unpaired) electrons. The molecule has 0 spiro atoms. The zero-order valence-corrected chi connectivity index (χ0v) is 19.8. The first-order valence-electron chi connectivity index (χ1n) is 9.73. The summed E-state index contributed by atoms with van der Waals surface area (Å²) in [7, 11) is 0. The fourth-order valence-electron chi connectivity index (χ4n) is 3.17. The molecule has 2 aromatic carbocycles. The molecular formula is C23H27IN6. The molecule has 0 unspecified atom stereocenters. The molecule has 0 aliphatic carbocycles. The van der Waals surface area contributed by atoms with Gasteiger partial charge in [0.25, 0.3) is 0 Å². The van der Waals surface area contributed by atoms with Crippen LogP contribution >= 0.6 is 24.0 Å². The van der Waals surface area contributed by atoms with Crippen molar-refractivity contribution in [1.29, 1.82) is 5.26 Å². The van der Waals surface area contributed by atoms with Crippen molar-refractivity contribution >= 4 is 29.9 Å². The van der Waals surface area contributed by atoms with E-state index in [1.54, 1.807) is 6.07 Å². The van der Waals surface area contributed by atoms with Gasteiger partial charge in [0.15, 0.2) is 5.96 Å². The van der Waals surface area contributed by atoms with E-state index in [0.29, 0.717) is 18.7 Å². The quantitative estimate of drug-likeness (QED) is 0.293. The molecule has 0 amide bonds. The minimum atomic E-state index is 0. The first-order valence-corrected chi connectivity index (χ1v) is 9.73. The summed E-state index contributed by atoms with van der Waals surface area (Å²) in [6.07, 6.45) is 0. The van der Waals surface area contributed by atoms with Gasteiger partial charge in [-0.05, 0) is 56.2 Å². The van der Waals surface area contributed by atoms with Crippen LogP contribution in [-0.2, 0) is 13.1 Å². The number of benzene rings is 2. The number of nitriles is 1. The molecule has 1 aromatic heterocycles. The fraction of sp³-hybridized carbons (Fsp3) is 0.261. The van der Waals surface area contributed by atoms with E-state index in [-0.39, 0.29) is 24.0 Å². The van der Waals surface area contributed by atoms with Crippen molar-refractivity contribution in [3.05, 3.63) is 82.7 Å². The molecule has 1 heterocycles. The normalized spacial score (nSPS) is 10.8. The molecule has 0 bridgehead atoms. The Labute approximate surface area is 195 Å². The largest absolute Gasteiger partial charge is 0.357 e. The molecule has 0 aliphatic heterocycles. The van der Waals surface area contributed by atoms with Gasteiger partial charge in [-0.2, -0.15) is 10.4 Å². The van der Waals surface area contributed by atoms with Gasteiger partial charge in [-0.3, -0.25) is 0 Å². The van der Waals surface area contributed by atoms with Gasteiger partial charge >= 0.3 is 0 Å². The Morgan fingerprint density at radius 1 is 1.10 bits per heavy atom. The summed E-state index contributed by atoms with van der Waals surface area (Å²) in [6, 6.07) is 20.0. The Morgan fingerprint density at radius 3 is 2.60 bits per heavy atom. The highest BCUT2D eigenvalue weighted by Crippen LogP contribution is 2.17. The van der Waals surface area contributed by atoms with Gasteiger partial charge in [0.1, 0.15) is 0 Å². The fourth-order valence-corrected chi connectivity index (χ4v) is 3.17. The monoisotopic (exact) mass is 514 g/mol. The third kappa shape index (κ3) is 6.07. The first kappa shape index (κ1) is 23.4. The lowest BCUT2D eigenvalue weighted by molar-refractivity contribution is 0.783. The topological polar surface area (TPSA) is 78.0 Å². The lowest BCUT2D eigenvalue weighted by atomic mass is 10.1. The summed E-state index contributed by atoms with van der Waals surface area (Å²) in [5.74, 6) is 0.734. The maximum Gasteiger partial charge on any atom is 0.191 e. The smallest absolute Gasteiger partial charge is 0.191 e. The third-order valence-corrected chi connectivity index (χ3v) is 4.50. The van der Waals surface area contributed by atoms with E-state index >= 15 is 0 Å². The van der Waals surface area contributed by atoms with Gasteiger partial charge in [0, 0.05) is 18.8 Å². The molecular weight excluding hydrogens is 487 g/mol. The molecule has 6 nitrogen and oxygen atoms in total. The van der Waals surface area contributed by atoms with Crippen LogP contribution in [0.1, 0.15) is 35.0 Å². The van der Waals surface area contributed by atoms with Gasteiger partial charge < -0.3 is 10.6 Å². The standard InChI is InChI=1S/C23H26N6.HI/c1-4-25-23(26-15-20-9-7-8-19(13-20)14-24)27-16-21-10-5-6-11-22(21)29-18(3)12-17(2)28-29;/h5-13H,4,15-16H2,1-3H3,(H2,25,26,27);1H. The van der Waals surface area contributed by atoms with E-state index in [0.717, 1.165) is 40.7 Å². The predicted octanol–water partition coefficient (Wildman–Crippen LogP) is 4.23. The average molecular weight is 514 g/mol. The van der Waals surface area contributed by atoms with Gasteiger partial charge in [-0.1, -0.05) is 30.3 Å². The maximum atomic E-state index is 9.06. The van der Waals surface area contributed by atoms with Crippen LogP contribution in [0.3, 0.4) is 0 Å². The highest BCUT2D eigenvalue weighted by atomic mass is 127. The number of hydrogen-bond acceptors (Lipinski definition) is 3. The van der Waals surface area contributed by atoms with Crippen LogP contribution in [0.5, 0.6) is 0 Å². The summed E-state index contributed by atoms with van der Waals surface area (Å²) in [6.45, 7) is 8.00. The number of para-hydroxylation sites is 1. The van der Waals surface area contributed by atoms with Gasteiger partial charge in [0.05, 0.1) is 29.6 Å². The third-order valence-electron chi connectivity index (χ3n) is 4.50. The Balaban J connectivity index is 0.00000320. The van der Waals surface area contributed by atoms with Crippen LogP contribution in [0.15, 0.2) is 59.6 Å². The Hall–Kier alpha value is -2.86. The number of nitrogens with zero attached hydrogens (tertiary/aromatic N) is 4. The molecule has 156 valence electrons. The number of aryl methyl sites for hydroxylation is 2. The second-order valence-corrected chi connectivity index (χ2v) is 6.83. The summed E-state index contributed by atoms with van der Waals surface area (Å²) in [5, 5.41) is 20.4.